The maximum atomic E-state index is 12.8. The number of carboxylic acids is 1. The van der Waals surface area contributed by atoms with Crippen molar-refractivity contribution in [2.75, 3.05) is 25.1 Å². The number of rotatable bonds is 4. The van der Waals surface area contributed by atoms with E-state index in [1.54, 1.807) is 12.1 Å². The Hall–Kier alpha value is -2.74. The minimum atomic E-state index is -0.814. The molecule has 3 rings (SSSR count). The maximum Gasteiger partial charge on any atom is 0.337 e. The fraction of sp³-hybridized carbons (Fsp3) is 0.444. The zero-order chi connectivity index (χ0) is 18.8. The van der Waals surface area contributed by atoms with Gasteiger partial charge in [0.25, 0.3) is 5.91 Å². The second-order valence-corrected chi connectivity index (χ2v) is 6.47. The summed E-state index contributed by atoms with van der Waals surface area (Å²) in [7, 11) is 1.28. The van der Waals surface area contributed by atoms with Crippen molar-refractivity contribution in [3.63, 3.8) is 0 Å². The molecule has 1 aromatic rings. The van der Waals surface area contributed by atoms with E-state index in [0.717, 1.165) is 4.90 Å². The fourth-order valence-corrected chi connectivity index (χ4v) is 3.49. The molecule has 8 nitrogen and oxygen atoms in total. The SMILES string of the molecule is COC(=O)c1ccc(N2C(=O)C[C@@H](N3CCC(C(=O)O)CC3)C2=O)cc1. The van der Waals surface area contributed by atoms with Gasteiger partial charge in [-0.15, -0.1) is 0 Å². The Morgan fingerprint density at radius 2 is 1.73 bits per heavy atom. The molecule has 2 amide bonds. The molecule has 0 radical (unpaired) electrons. The van der Waals surface area contributed by atoms with Crippen LogP contribution in [0.5, 0.6) is 0 Å². The molecule has 2 aliphatic heterocycles. The average Bonchev–Trinajstić information content (AvgIpc) is 2.95. The number of esters is 1. The van der Waals surface area contributed by atoms with Crippen molar-refractivity contribution < 1.29 is 29.0 Å². The second-order valence-electron chi connectivity index (χ2n) is 6.47. The Balaban J connectivity index is 1.71. The molecule has 2 aliphatic rings. The van der Waals surface area contributed by atoms with E-state index in [1.807, 2.05) is 4.90 Å². The number of piperidine rings is 1. The molecule has 2 saturated heterocycles. The van der Waals surface area contributed by atoms with Gasteiger partial charge in [0, 0.05) is 0 Å². The molecule has 0 saturated carbocycles. The van der Waals surface area contributed by atoms with Crippen LogP contribution in [0.3, 0.4) is 0 Å². The quantitative estimate of drug-likeness (QED) is 0.628. The summed E-state index contributed by atoms with van der Waals surface area (Å²) in [6.07, 6.45) is 1.03. The monoisotopic (exact) mass is 360 g/mol. The lowest BCUT2D eigenvalue weighted by molar-refractivity contribution is -0.143. The number of hydrogen-bond donors (Lipinski definition) is 1. The molecule has 0 spiro atoms. The van der Waals surface area contributed by atoms with Crippen LogP contribution >= 0.6 is 0 Å². The van der Waals surface area contributed by atoms with Gasteiger partial charge in [-0.25, -0.2) is 9.69 Å². The lowest BCUT2D eigenvalue weighted by atomic mass is 9.96. The summed E-state index contributed by atoms with van der Waals surface area (Å²) in [5, 5.41) is 9.07. The Morgan fingerprint density at radius 3 is 2.27 bits per heavy atom. The fourth-order valence-electron chi connectivity index (χ4n) is 3.49. The number of benzene rings is 1. The highest BCUT2D eigenvalue weighted by Gasteiger charge is 2.43. The first-order valence-corrected chi connectivity index (χ1v) is 8.44. The van der Waals surface area contributed by atoms with Crippen molar-refractivity contribution in [3.8, 4) is 0 Å². The predicted octanol–water partition coefficient (Wildman–Crippen LogP) is 0.902. The summed E-state index contributed by atoms with van der Waals surface area (Å²) in [5.74, 6) is -2.30. The molecule has 0 aromatic heterocycles. The number of amides is 2. The first kappa shape index (κ1) is 18.1. The molecular weight excluding hydrogens is 340 g/mol. The number of anilines is 1. The number of imide groups is 1. The molecule has 0 bridgehead atoms. The molecule has 1 N–H and O–H groups in total. The molecule has 2 fully saturated rings. The smallest absolute Gasteiger partial charge is 0.337 e. The molecule has 8 heteroatoms. The van der Waals surface area contributed by atoms with E-state index in [2.05, 4.69) is 4.74 Å². The van der Waals surface area contributed by atoms with Gasteiger partial charge in [-0.1, -0.05) is 0 Å². The zero-order valence-corrected chi connectivity index (χ0v) is 14.4. The van der Waals surface area contributed by atoms with Crippen LogP contribution in [-0.2, 0) is 19.1 Å². The lowest BCUT2D eigenvalue weighted by Crippen LogP contribution is -2.46. The molecule has 26 heavy (non-hydrogen) atoms. The van der Waals surface area contributed by atoms with Crippen molar-refractivity contribution in [2.45, 2.75) is 25.3 Å². The molecule has 138 valence electrons. The molecule has 0 aliphatic carbocycles. The van der Waals surface area contributed by atoms with Gasteiger partial charge >= 0.3 is 11.9 Å². The normalized spacial score (nSPS) is 21.9. The highest BCUT2D eigenvalue weighted by atomic mass is 16.5. The highest BCUT2D eigenvalue weighted by Crippen LogP contribution is 2.29. The molecule has 1 atom stereocenters. The van der Waals surface area contributed by atoms with Crippen LogP contribution in [0, 0.1) is 5.92 Å². The van der Waals surface area contributed by atoms with Crippen LogP contribution in [0.2, 0.25) is 0 Å². The third-order valence-electron chi connectivity index (χ3n) is 4.99. The minimum absolute atomic E-state index is 0.0787. The van der Waals surface area contributed by atoms with Gasteiger partial charge < -0.3 is 9.84 Å². The van der Waals surface area contributed by atoms with Crippen LogP contribution < -0.4 is 4.90 Å². The van der Waals surface area contributed by atoms with Gasteiger partial charge in [0.2, 0.25) is 5.91 Å². The summed E-state index contributed by atoms with van der Waals surface area (Å²) in [5.41, 5.74) is 0.748. The van der Waals surface area contributed by atoms with Crippen LogP contribution in [0.1, 0.15) is 29.6 Å². The van der Waals surface area contributed by atoms with Gasteiger partial charge in [0.05, 0.1) is 36.7 Å². The molecule has 2 heterocycles. The lowest BCUT2D eigenvalue weighted by Gasteiger charge is -2.33. The van der Waals surface area contributed by atoms with Gasteiger partial charge in [-0.2, -0.15) is 0 Å². The third kappa shape index (κ3) is 3.32. The average molecular weight is 360 g/mol. The minimum Gasteiger partial charge on any atom is -0.481 e. The summed E-state index contributed by atoms with van der Waals surface area (Å²) >= 11 is 0. The number of methoxy groups -OCH3 is 1. The number of carboxylic acid groups (broad SMARTS) is 1. The number of carbonyl (C=O) groups excluding carboxylic acids is 3. The molecule has 0 unspecified atom stereocenters. The van der Waals surface area contributed by atoms with Crippen molar-refractivity contribution >= 4 is 29.4 Å². The molecular formula is C18H20N2O6. The van der Waals surface area contributed by atoms with Gasteiger partial charge in [-0.05, 0) is 50.2 Å². The van der Waals surface area contributed by atoms with Crippen LogP contribution in [0.4, 0.5) is 5.69 Å². The number of nitrogens with zero attached hydrogens (tertiary/aromatic N) is 2. The van der Waals surface area contributed by atoms with Gasteiger partial charge in [0.1, 0.15) is 0 Å². The van der Waals surface area contributed by atoms with Crippen LogP contribution in [0.15, 0.2) is 24.3 Å². The summed E-state index contributed by atoms with van der Waals surface area (Å²) < 4.78 is 4.63. The van der Waals surface area contributed by atoms with Gasteiger partial charge in [-0.3, -0.25) is 19.3 Å². The first-order chi connectivity index (χ1) is 12.4. The number of hydrogen-bond acceptors (Lipinski definition) is 6. The van der Waals surface area contributed by atoms with E-state index in [1.165, 1.54) is 19.2 Å². The maximum absolute atomic E-state index is 12.8. The number of aliphatic carboxylic acids is 1. The van der Waals surface area contributed by atoms with E-state index in [-0.39, 0.29) is 24.2 Å². The predicted molar refractivity (Wildman–Crippen MR) is 90.6 cm³/mol. The summed E-state index contributed by atoms with van der Waals surface area (Å²) in [4.78, 5) is 50.7. The van der Waals surface area contributed by atoms with Crippen LogP contribution in [0.25, 0.3) is 0 Å². The Kier molecular flexibility index (Phi) is 5.03. The van der Waals surface area contributed by atoms with Crippen molar-refractivity contribution in [3.05, 3.63) is 29.8 Å². The van der Waals surface area contributed by atoms with Crippen LogP contribution in [-0.4, -0.2) is 60.0 Å². The number of ether oxygens (including phenoxy) is 1. The summed E-state index contributed by atoms with van der Waals surface area (Å²) in [6, 6.07) is 5.54. The van der Waals surface area contributed by atoms with Crippen molar-refractivity contribution in [2.24, 2.45) is 5.92 Å². The molecule has 1 aromatic carbocycles. The Labute approximate surface area is 150 Å². The highest BCUT2D eigenvalue weighted by molar-refractivity contribution is 6.22. The van der Waals surface area contributed by atoms with Crippen molar-refractivity contribution in [1.29, 1.82) is 0 Å². The zero-order valence-electron chi connectivity index (χ0n) is 14.4. The standard InChI is InChI=1S/C18H20N2O6/c1-26-18(25)12-2-4-13(5-3-12)20-15(21)10-14(16(20)22)19-8-6-11(7-9-19)17(23)24/h2-5,11,14H,6-10H2,1H3,(H,23,24)/t14-/m1/s1. The van der Waals surface area contributed by atoms with E-state index < -0.39 is 18.0 Å². The summed E-state index contributed by atoms with van der Waals surface area (Å²) in [6.45, 7) is 0.964. The number of likely N-dealkylation sites (tertiary alicyclic amines) is 1. The number of carbonyl (C=O) groups is 4. The van der Waals surface area contributed by atoms with E-state index in [0.29, 0.717) is 37.2 Å². The first-order valence-electron chi connectivity index (χ1n) is 8.44. The van der Waals surface area contributed by atoms with E-state index in [9.17, 15) is 19.2 Å². The van der Waals surface area contributed by atoms with E-state index in [4.69, 9.17) is 5.11 Å². The topological polar surface area (TPSA) is 104 Å². The van der Waals surface area contributed by atoms with Gasteiger partial charge in [0.15, 0.2) is 0 Å². The Bertz CT molecular complexity index is 737. The van der Waals surface area contributed by atoms with E-state index >= 15 is 0 Å². The third-order valence-corrected chi connectivity index (χ3v) is 4.99. The largest absolute Gasteiger partial charge is 0.481 e. The second kappa shape index (κ2) is 7.25. The van der Waals surface area contributed by atoms with Crippen molar-refractivity contribution in [1.82, 2.24) is 4.90 Å². The Morgan fingerprint density at radius 1 is 1.12 bits per heavy atom.